The summed E-state index contributed by atoms with van der Waals surface area (Å²) in [5.41, 5.74) is 0.538. The molecule has 1 atom stereocenters. The summed E-state index contributed by atoms with van der Waals surface area (Å²) in [7, 11) is 0. The lowest BCUT2D eigenvalue weighted by molar-refractivity contribution is -0.130. The monoisotopic (exact) mass is 347 g/mol. The lowest BCUT2D eigenvalue weighted by Gasteiger charge is -2.41. The van der Waals surface area contributed by atoms with Crippen LogP contribution < -0.4 is 5.32 Å². The Morgan fingerprint density at radius 2 is 1.79 bits per heavy atom. The van der Waals surface area contributed by atoms with Crippen molar-refractivity contribution in [2.75, 3.05) is 0 Å². The molecule has 0 bridgehead atoms. The first-order valence-corrected chi connectivity index (χ1v) is 8.70. The zero-order chi connectivity index (χ0) is 17.3. The van der Waals surface area contributed by atoms with Crippen molar-refractivity contribution in [3.63, 3.8) is 0 Å². The zero-order valence-electron chi connectivity index (χ0n) is 14.2. The molecule has 1 aliphatic carbocycles. The molecule has 1 amide bonds. The maximum absolute atomic E-state index is 12.9. The van der Waals surface area contributed by atoms with Gasteiger partial charge >= 0.3 is 0 Å². The summed E-state index contributed by atoms with van der Waals surface area (Å²) in [4.78, 5) is 12.9. The van der Waals surface area contributed by atoms with Crippen molar-refractivity contribution in [2.24, 2.45) is 0 Å². The molecular weight excluding hydrogens is 326 g/mol. The van der Waals surface area contributed by atoms with Gasteiger partial charge in [0.25, 0.3) is 0 Å². The fourth-order valence-corrected chi connectivity index (χ4v) is 3.12. The molecule has 0 unspecified atom stereocenters. The van der Waals surface area contributed by atoms with Gasteiger partial charge in [-0.15, -0.1) is 10.2 Å². The Morgan fingerprint density at radius 1 is 1.17 bits per heavy atom. The second kappa shape index (κ2) is 6.55. The molecule has 128 valence electrons. The van der Waals surface area contributed by atoms with Crippen LogP contribution in [0.3, 0.4) is 0 Å². The van der Waals surface area contributed by atoms with E-state index in [4.69, 9.17) is 16.0 Å². The molecule has 6 heteroatoms. The Labute approximate surface area is 146 Å². The molecule has 1 aromatic heterocycles. The molecule has 0 radical (unpaired) electrons. The Morgan fingerprint density at radius 3 is 2.29 bits per heavy atom. The van der Waals surface area contributed by atoms with E-state index in [1.807, 2.05) is 45.0 Å². The molecule has 1 fully saturated rings. The summed E-state index contributed by atoms with van der Waals surface area (Å²) in [6.07, 6.45) is 2.73. The molecule has 1 N–H and O–H groups in total. The minimum Gasteiger partial charge on any atom is -0.423 e. The molecule has 2 aromatic rings. The lowest BCUT2D eigenvalue weighted by Crippen LogP contribution is -2.49. The third kappa shape index (κ3) is 3.05. The third-order valence-electron chi connectivity index (χ3n) is 4.71. The van der Waals surface area contributed by atoms with Crippen LogP contribution in [-0.4, -0.2) is 16.1 Å². The molecule has 1 saturated carbocycles. The van der Waals surface area contributed by atoms with Crippen LogP contribution >= 0.6 is 11.6 Å². The maximum Gasteiger partial charge on any atom is 0.238 e. The number of hydrogen-bond acceptors (Lipinski definition) is 4. The smallest absolute Gasteiger partial charge is 0.238 e. The highest BCUT2D eigenvalue weighted by atomic mass is 35.5. The largest absolute Gasteiger partial charge is 0.423 e. The van der Waals surface area contributed by atoms with E-state index in [-0.39, 0.29) is 17.9 Å². The number of benzene rings is 1. The number of amides is 1. The molecule has 0 spiro atoms. The van der Waals surface area contributed by atoms with Crippen LogP contribution in [0.5, 0.6) is 0 Å². The van der Waals surface area contributed by atoms with Crippen molar-refractivity contribution < 1.29 is 9.21 Å². The van der Waals surface area contributed by atoms with E-state index in [0.29, 0.717) is 16.8 Å². The van der Waals surface area contributed by atoms with E-state index in [2.05, 4.69) is 15.5 Å². The van der Waals surface area contributed by atoms with Gasteiger partial charge in [0.05, 0.1) is 5.41 Å². The van der Waals surface area contributed by atoms with Gasteiger partial charge in [-0.2, -0.15) is 0 Å². The zero-order valence-corrected chi connectivity index (χ0v) is 14.9. The number of hydrogen-bond donors (Lipinski definition) is 1. The first-order valence-electron chi connectivity index (χ1n) is 8.33. The number of nitrogens with zero attached hydrogens (tertiary/aromatic N) is 2. The molecule has 24 heavy (non-hydrogen) atoms. The predicted octanol–water partition coefficient (Wildman–Crippen LogP) is 4.15. The van der Waals surface area contributed by atoms with Crippen LogP contribution in [0.2, 0.25) is 5.02 Å². The van der Waals surface area contributed by atoms with Crippen molar-refractivity contribution in [3.8, 4) is 0 Å². The average molecular weight is 348 g/mol. The van der Waals surface area contributed by atoms with Crippen LogP contribution in [0, 0.1) is 0 Å². The fourth-order valence-electron chi connectivity index (χ4n) is 3.00. The minimum atomic E-state index is -0.472. The molecule has 0 saturated heterocycles. The van der Waals surface area contributed by atoms with E-state index < -0.39 is 5.41 Å². The molecule has 0 aliphatic heterocycles. The summed E-state index contributed by atoms with van der Waals surface area (Å²) in [6.45, 7) is 5.85. The average Bonchev–Trinajstić information content (AvgIpc) is 2.98. The van der Waals surface area contributed by atoms with E-state index >= 15 is 0 Å². The van der Waals surface area contributed by atoms with Crippen molar-refractivity contribution in [1.29, 1.82) is 0 Å². The number of halogens is 1. The highest BCUT2D eigenvalue weighted by Crippen LogP contribution is 2.44. The lowest BCUT2D eigenvalue weighted by atomic mass is 9.63. The van der Waals surface area contributed by atoms with Gasteiger partial charge in [-0.25, -0.2) is 0 Å². The van der Waals surface area contributed by atoms with Crippen molar-refractivity contribution in [2.45, 2.75) is 57.4 Å². The molecular formula is C18H22ClN3O2. The van der Waals surface area contributed by atoms with Gasteiger partial charge in [-0.3, -0.25) is 4.79 Å². The van der Waals surface area contributed by atoms with Crippen molar-refractivity contribution in [1.82, 2.24) is 15.5 Å². The van der Waals surface area contributed by atoms with Crippen LogP contribution in [0.4, 0.5) is 0 Å². The summed E-state index contributed by atoms with van der Waals surface area (Å²) < 4.78 is 5.64. The molecule has 1 aliphatic rings. The van der Waals surface area contributed by atoms with Gasteiger partial charge in [-0.05, 0) is 37.5 Å². The van der Waals surface area contributed by atoms with Crippen LogP contribution in [0.1, 0.15) is 69.3 Å². The van der Waals surface area contributed by atoms with Crippen LogP contribution in [0.25, 0.3) is 0 Å². The van der Waals surface area contributed by atoms with Crippen molar-refractivity contribution in [3.05, 3.63) is 46.6 Å². The van der Waals surface area contributed by atoms with Gasteiger partial charge in [-0.1, -0.05) is 44.0 Å². The molecule has 1 heterocycles. The van der Waals surface area contributed by atoms with Crippen LogP contribution in [-0.2, 0) is 10.2 Å². The Balaban J connectivity index is 1.75. The van der Waals surface area contributed by atoms with Gasteiger partial charge in [0.2, 0.25) is 17.7 Å². The standard InChI is InChI=1S/C18H22ClN3O2/c1-11(2)15-21-22-16(24-15)12(3)20-17(23)18(9-4-10-18)13-5-7-14(19)8-6-13/h5-8,11-12H,4,9-10H2,1-3H3,(H,20,23)/t12-/m1/s1. The van der Waals surface area contributed by atoms with Gasteiger partial charge < -0.3 is 9.73 Å². The SMILES string of the molecule is CC(C)c1nnc([C@@H](C)NC(=O)C2(c3ccc(Cl)cc3)CCC2)o1. The summed E-state index contributed by atoms with van der Waals surface area (Å²) in [5, 5.41) is 11.8. The van der Waals surface area contributed by atoms with E-state index in [1.165, 1.54) is 0 Å². The second-order valence-corrected chi connectivity index (χ2v) is 7.21. The number of rotatable bonds is 5. The highest BCUT2D eigenvalue weighted by molar-refractivity contribution is 6.30. The maximum atomic E-state index is 12.9. The van der Waals surface area contributed by atoms with E-state index in [0.717, 1.165) is 24.8 Å². The highest BCUT2D eigenvalue weighted by Gasteiger charge is 2.46. The van der Waals surface area contributed by atoms with Crippen LogP contribution in [0.15, 0.2) is 28.7 Å². The van der Waals surface area contributed by atoms with Gasteiger partial charge in [0.1, 0.15) is 6.04 Å². The quantitative estimate of drug-likeness (QED) is 0.882. The molecule has 3 rings (SSSR count). The normalized spacial score (nSPS) is 17.4. The Kier molecular flexibility index (Phi) is 4.63. The van der Waals surface area contributed by atoms with Gasteiger partial charge in [0, 0.05) is 10.9 Å². The number of carbonyl (C=O) groups is 1. The Bertz CT molecular complexity index is 720. The first kappa shape index (κ1) is 17.0. The van der Waals surface area contributed by atoms with Crippen molar-refractivity contribution >= 4 is 17.5 Å². The predicted molar refractivity (Wildman–Crippen MR) is 91.9 cm³/mol. The number of aromatic nitrogens is 2. The molecule has 1 aromatic carbocycles. The van der Waals surface area contributed by atoms with E-state index in [9.17, 15) is 4.79 Å². The summed E-state index contributed by atoms with van der Waals surface area (Å²) >= 11 is 5.97. The third-order valence-corrected chi connectivity index (χ3v) is 4.96. The number of carbonyl (C=O) groups excluding carboxylic acids is 1. The topological polar surface area (TPSA) is 68.0 Å². The first-order chi connectivity index (χ1) is 11.4. The summed E-state index contributed by atoms with van der Waals surface area (Å²) in [6, 6.07) is 7.23. The van der Waals surface area contributed by atoms with E-state index in [1.54, 1.807) is 0 Å². The number of nitrogens with one attached hydrogen (secondary N) is 1. The second-order valence-electron chi connectivity index (χ2n) is 6.77. The Hall–Kier alpha value is -1.88. The summed E-state index contributed by atoms with van der Waals surface area (Å²) in [5.74, 6) is 1.20. The fraction of sp³-hybridized carbons (Fsp3) is 0.500. The minimum absolute atomic E-state index is 0.00729. The van der Waals surface area contributed by atoms with Gasteiger partial charge in [0.15, 0.2) is 0 Å². The molecule has 5 nitrogen and oxygen atoms in total.